The second kappa shape index (κ2) is 10.6. The van der Waals surface area contributed by atoms with E-state index in [1.807, 2.05) is 18.2 Å². The van der Waals surface area contributed by atoms with E-state index in [4.69, 9.17) is 14.4 Å². The highest BCUT2D eigenvalue weighted by Crippen LogP contribution is 2.46. The first-order valence-electron chi connectivity index (χ1n) is 17.9. The molecule has 53 heavy (non-hydrogen) atoms. The van der Waals surface area contributed by atoms with Crippen LogP contribution in [0.2, 0.25) is 0 Å². The Balaban J connectivity index is 1.32. The van der Waals surface area contributed by atoms with Crippen molar-refractivity contribution in [1.29, 1.82) is 0 Å². The quantitative estimate of drug-likeness (QED) is 0.187. The van der Waals surface area contributed by atoms with Crippen molar-refractivity contribution < 1.29 is 4.42 Å². The van der Waals surface area contributed by atoms with Gasteiger partial charge in [0.15, 0.2) is 0 Å². The van der Waals surface area contributed by atoms with Crippen LogP contribution in [0, 0.1) is 0 Å². The molecule has 4 aromatic heterocycles. The van der Waals surface area contributed by atoms with Crippen molar-refractivity contribution in [3.63, 3.8) is 0 Å². The highest BCUT2D eigenvalue weighted by atomic mass is 16.3. The zero-order chi connectivity index (χ0) is 34.6. The van der Waals surface area contributed by atoms with Crippen LogP contribution in [0.3, 0.4) is 0 Å². The number of rotatable bonds is 3. The SMILES string of the molecule is c1ccc(-c2nc(-n3c4ccccc4c4ccc5c(c6c7oc8ccccc8c7ccc6n5-c5cccc6ccccc56)c43)nc3ccccc23)cc1. The molecular weight excluding hydrogens is 649 g/mol. The van der Waals surface area contributed by atoms with Gasteiger partial charge in [0.05, 0.1) is 44.4 Å². The summed E-state index contributed by atoms with van der Waals surface area (Å²) in [6, 6.07) is 59.9. The molecule has 5 heteroatoms. The molecule has 12 rings (SSSR count). The summed E-state index contributed by atoms with van der Waals surface area (Å²) in [7, 11) is 0. The van der Waals surface area contributed by atoms with Crippen LogP contribution in [-0.4, -0.2) is 19.1 Å². The molecule has 0 amide bonds. The predicted molar refractivity (Wildman–Crippen MR) is 218 cm³/mol. The van der Waals surface area contributed by atoms with Gasteiger partial charge in [-0.05, 0) is 47.9 Å². The van der Waals surface area contributed by atoms with Crippen molar-refractivity contribution in [2.45, 2.75) is 0 Å². The van der Waals surface area contributed by atoms with E-state index in [0.29, 0.717) is 5.95 Å². The summed E-state index contributed by atoms with van der Waals surface area (Å²) in [5, 5.41) is 10.0. The minimum absolute atomic E-state index is 0.629. The van der Waals surface area contributed by atoms with Gasteiger partial charge in [-0.3, -0.25) is 4.57 Å². The normalized spacial score (nSPS) is 12.2. The van der Waals surface area contributed by atoms with Gasteiger partial charge in [-0.25, -0.2) is 9.97 Å². The third-order valence-electron chi connectivity index (χ3n) is 10.9. The second-order valence-electron chi connectivity index (χ2n) is 13.7. The van der Waals surface area contributed by atoms with E-state index >= 15 is 0 Å². The summed E-state index contributed by atoms with van der Waals surface area (Å²) < 4.78 is 11.6. The monoisotopic (exact) mass is 676 g/mol. The Bertz CT molecular complexity index is 3450. The van der Waals surface area contributed by atoms with Crippen LogP contribution in [-0.2, 0) is 0 Å². The molecule has 0 atom stereocenters. The molecule has 8 aromatic carbocycles. The number of hydrogen-bond acceptors (Lipinski definition) is 3. The molecule has 0 spiro atoms. The lowest BCUT2D eigenvalue weighted by Gasteiger charge is -2.13. The van der Waals surface area contributed by atoms with E-state index < -0.39 is 0 Å². The molecule has 4 heterocycles. The van der Waals surface area contributed by atoms with Gasteiger partial charge in [-0.15, -0.1) is 0 Å². The summed E-state index contributed by atoms with van der Waals surface area (Å²) in [5.74, 6) is 0.629. The van der Waals surface area contributed by atoms with Gasteiger partial charge >= 0.3 is 0 Å². The van der Waals surface area contributed by atoms with Gasteiger partial charge in [0.25, 0.3) is 0 Å². The van der Waals surface area contributed by atoms with Gasteiger partial charge in [0.2, 0.25) is 5.95 Å². The Morgan fingerprint density at radius 3 is 1.98 bits per heavy atom. The zero-order valence-electron chi connectivity index (χ0n) is 28.4. The Morgan fingerprint density at radius 2 is 1.09 bits per heavy atom. The van der Waals surface area contributed by atoms with Gasteiger partial charge in [-0.2, -0.15) is 0 Å². The van der Waals surface area contributed by atoms with Crippen LogP contribution in [0.15, 0.2) is 174 Å². The standard InChI is InChI=1S/C48H28N4O/c1-2-14-30(15-3-1)45-36-20-6-9-21-37(36)49-48(50-45)52-39-22-10-7-18-32(39)34-25-27-40-43(46(34)52)44-41(28-26-35-33-19-8-11-24-42(33)53-47(35)44)51(40)38-23-12-16-29-13-4-5-17-31(29)38/h1-28H. The molecule has 0 saturated carbocycles. The van der Waals surface area contributed by atoms with Crippen molar-refractivity contribution in [3.05, 3.63) is 170 Å². The molecule has 0 fully saturated rings. The smallest absolute Gasteiger partial charge is 0.235 e. The maximum Gasteiger partial charge on any atom is 0.235 e. The molecule has 0 bridgehead atoms. The summed E-state index contributed by atoms with van der Waals surface area (Å²) in [6.07, 6.45) is 0. The average Bonchev–Trinajstić information content (AvgIpc) is 3.88. The van der Waals surface area contributed by atoms with Crippen molar-refractivity contribution >= 4 is 87.2 Å². The van der Waals surface area contributed by atoms with Crippen LogP contribution in [0.5, 0.6) is 0 Å². The summed E-state index contributed by atoms with van der Waals surface area (Å²) in [5.41, 5.74) is 9.99. The number of nitrogens with zero attached hydrogens (tertiary/aromatic N) is 4. The molecule has 0 N–H and O–H groups in total. The predicted octanol–water partition coefficient (Wildman–Crippen LogP) is 12.5. The lowest BCUT2D eigenvalue weighted by atomic mass is 10.1. The second-order valence-corrected chi connectivity index (χ2v) is 13.7. The fourth-order valence-electron chi connectivity index (χ4n) is 8.67. The Kier molecular flexibility index (Phi) is 5.71. The highest BCUT2D eigenvalue weighted by Gasteiger charge is 2.26. The van der Waals surface area contributed by atoms with Crippen molar-refractivity contribution in [2.75, 3.05) is 0 Å². The third kappa shape index (κ3) is 3.91. The topological polar surface area (TPSA) is 48.8 Å². The maximum atomic E-state index is 6.86. The van der Waals surface area contributed by atoms with Crippen molar-refractivity contribution in [3.8, 4) is 22.9 Å². The molecule has 0 aliphatic heterocycles. The third-order valence-corrected chi connectivity index (χ3v) is 10.9. The van der Waals surface area contributed by atoms with E-state index in [1.54, 1.807) is 0 Å². The fourth-order valence-corrected chi connectivity index (χ4v) is 8.67. The van der Waals surface area contributed by atoms with Gasteiger partial charge < -0.3 is 8.98 Å². The first-order chi connectivity index (χ1) is 26.3. The Labute approximate surface area is 302 Å². The molecule has 5 nitrogen and oxygen atoms in total. The lowest BCUT2D eigenvalue weighted by molar-refractivity contribution is 0.673. The molecular formula is C48H28N4O. The number of benzene rings is 8. The Morgan fingerprint density at radius 1 is 0.415 bits per heavy atom. The first-order valence-corrected chi connectivity index (χ1v) is 17.9. The largest absolute Gasteiger partial charge is 0.455 e. The number of hydrogen-bond donors (Lipinski definition) is 0. The maximum absolute atomic E-state index is 6.86. The van der Waals surface area contributed by atoms with Crippen LogP contribution in [0.1, 0.15) is 0 Å². The van der Waals surface area contributed by atoms with Gasteiger partial charge in [0, 0.05) is 43.3 Å². The summed E-state index contributed by atoms with van der Waals surface area (Å²) in [4.78, 5) is 10.7. The van der Waals surface area contributed by atoms with Crippen LogP contribution < -0.4 is 0 Å². The van der Waals surface area contributed by atoms with Crippen LogP contribution in [0.4, 0.5) is 0 Å². The van der Waals surface area contributed by atoms with E-state index in [2.05, 4.69) is 161 Å². The van der Waals surface area contributed by atoms with Crippen molar-refractivity contribution in [2.24, 2.45) is 0 Å². The average molecular weight is 677 g/mol. The Hall–Kier alpha value is -7.24. The van der Waals surface area contributed by atoms with E-state index in [1.165, 1.54) is 10.8 Å². The molecule has 12 aromatic rings. The molecule has 0 radical (unpaired) electrons. The summed E-state index contributed by atoms with van der Waals surface area (Å²) in [6.45, 7) is 0. The number of furan rings is 1. The highest BCUT2D eigenvalue weighted by molar-refractivity contribution is 6.32. The number of fused-ring (bicyclic) bond motifs is 13. The van der Waals surface area contributed by atoms with Gasteiger partial charge in [-0.1, -0.05) is 127 Å². The molecule has 246 valence electrons. The van der Waals surface area contributed by atoms with E-state index in [0.717, 1.165) is 93.4 Å². The molecule has 0 aliphatic rings. The minimum atomic E-state index is 0.629. The van der Waals surface area contributed by atoms with Gasteiger partial charge in [0.1, 0.15) is 11.2 Å². The first kappa shape index (κ1) is 28.5. The lowest BCUT2D eigenvalue weighted by Crippen LogP contribution is -2.03. The number of para-hydroxylation sites is 3. The van der Waals surface area contributed by atoms with E-state index in [9.17, 15) is 0 Å². The number of aromatic nitrogens is 4. The van der Waals surface area contributed by atoms with Crippen molar-refractivity contribution in [1.82, 2.24) is 19.1 Å². The van der Waals surface area contributed by atoms with E-state index in [-0.39, 0.29) is 0 Å². The van der Waals surface area contributed by atoms with Crippen LogP contribution >= 0.6 is 0 Å². The minimum Gasteiger partial charge on any atom is -0.455 e. The van der Waals surface area contributed by atoms with Crippen LogP contribution in [0.25, 0.3) is 110 Å². The molecule has 0 aliphatic carbocycles. The molecule has 0 saturated heterocycles. The molecule has 0 unspecified atom stereocenters. The zero-order valence-corrected chi connectivity index (χ0v) is 28.4. The fraction of sp³-hybridized carbons (Fsp3) is 0. The summed E-state index contributed by atoms with van der Waals surface area (Å²) >= 11 is 0.